The molecule has 0 radical (unpaired) electrons. The predicted molar refractivity (Wildman–Crippen MR) is 75.2 cm³/mol. The van der Waals surface area contributed by atoms with Gasteiger partial charge in [0.2, 0.25) is 0 Å². The van der Waals surface area contributed by atoms with Gasteiger partial charge in [0.25, 0.3) is 0 Å². The fourth-order valence-electron chi connectivity index (χ4n) is 1.61. The highest BCUT2D eigenvalue weighted by molar-refractivity contribution is 6.29. The van der Waals surface area contributed by atoms with E-state index in [4.69, 9.17) is 21.1 Å². The monoisotopic (exact) mass is 269 g/mol. The first-order valence-corrected chi connectivity index (χ1v) is 6.27. The van der Waals surface area contributed by atoms with E-state index < -0.39 is 0 Å². The van der Waals surface area contributed by atoms with Crippen molar-refractivity contribution in [2.24, 2.45) is 0 Å². The van der Waals surface area contributed by atoms with E-state index in [2.05, 4.69) is 11.9 Å². The summed E-state index contributed by atoms with van der Waals surface area (Å²) >= 11 is 5.73. The molecule has 0 spiro atoms. The molecule has 0 saturated carbocycles. The zero-order valence-electron chi connectivity index (χ0n) is 11.0. The summed E-state index contributed by atoms with van der Waals surface area (Å²) in [5.74, 6) is 0.879. The Kier molecular flexibility index (Phi) is 6.80. The van der Waals surface area contributed by atoms with Crippen LogP contribution >= 0.6 is 11.6 Å². The molecule has 1 rings (SSSR count). The van der Waals surface area contributed by atoms with Gasteiger partial charge in [0.1, 0.15) is 12.4 Å². The van der Waals surface area contributed by atoms with Crippen LogP contribution in [0.4, 0.5) is 0 Å². The lowest BCUT2D eigenvalue weighted by Crippen LogP contribution is -2.19. The second kappa shape index (κ2) is 8.14. The minimum absolute atomic E-state index is 0.331. The quantitative estimate of drug-likeness (QED) is 0.736. The Morgan fingerprint density at radius 2 is 2.22 bits per heavy atom. The summed E-state index contributed by atoms with van der Waals surface area (Å²) in [6.45, 7) is 8.23. The van der Waals surface area contributed by atoms with Gasteiger partial charge >= 0.3 is 0 Å². The number of hydrogen-bond acceptors (Lipinski definition) is 3. The van der Waals surface area contributed by atoms with E-state index in [1.54, 1.807) is 7.11 Å². The van der Waals surface area contributed by atoms with Crippen molar-refractivity contribution in [2.45, 2.75) is 13.5 Å². The molecule has 3 nitrogen and oxygen atoms in total. The molecule has 0 aliphatic heterocycles. The third kappa shape index (κ3) is 5.08. The van der Waals surface area contributed by atoms with Crippen molar-refractivity contribution in [1.82, 2.24) is 5.32 Å². The van der Waals surface area contributed by atoms with Crippen molar-refractivity contribution in [3.05, 3.63) is 40.9 Å². The molecule has 0 atom stereocenters. The van der Waals surface area contributed by atoms with Crippen molar-refractivity contribution in [2.75, 3.05) is 26.9 Å². The van der Waals surface area contributed by atoms with Crippen LogP contribution in [0.3, 0.4) is 0 Å². The van der Waals surface area contributed by atoms with Gasteiger partial charge in [-0.05, 0) is 12.5 Å². The Morgan fingerprint density at radius 3 is 2.89 bits per heavy atom. The standard InChI is InChI=1S/C14H20ClNO2/c1-11-5-4-6-13(9-16-7-8-17-3)14(11)18-10-12(2)15/h4-6,16H,2,7-10H2,1,3H3. The maximum atomic E-state index is 5.73. The van der Waals surface area contributed by atoms with Crippen LogP contribution < -0.4 is 10.1 Å². The van der Waals surface area contributed by atoms with Gasteiger partial charge in [-0.3, -0.25) is 0 Å². The van der Waals surface area contributed by atoms with Gasteiger partial charge < -0.3 is 14.8 Å². The van der Waals surface area contributed by atoms with E-state index in [9.17, 15) is 0 Å². The molecule has 0 fully saturated rings. The molecule has 0 bridgehead atoms. The summed E-state index contributed by atoms with van der Waals surface area (Å²) in [5.41, 5.74) is 2.21. The van der Waals surface area contributed by atoms with Crippen LogP contribution in [0.15, 0.2) is 29.8 Å². The van der Waals surface area contributed by atoms with E-state index in [1.807, 2.05) is 25.1 Å². The molecule has 18 heavy (non-hydrogen) atoms. The second-order valence-electron chi connectivity index (χ2n) is 4.04. The molecular formula is C14H20ClNO2. The Balaban J connectivity index is 2.64. The highest BCUT2D eigenvalue weighted by Crippen LogP contribution is 2.24. The topological polar surface area (TPSA) is 30.5 Å². The molecule has 0 aliphatic carbocycles. The van der Waals surface area contributed by atoms with E-state index in [1.165, 1.54) is 0 Å². The molecule has 0 unspecified atom stereocenters. The number of rotatable bonds is 8. The number of nitrogens with one attached hydrogen (secondary N) is 1. The Labute approximate surface area is 114 Å². The molecule has 0 aliphatic rings. The van der Waals surface area contributed by atoms with Crippen molar-refractivity contribution < 1.29 is 9.47 Å². The summed E-state index contributed by atoms with van der Waals surface area (Å²) in [6, 6.07) is 6.08. The summed E-state index contributed by atoms with van der Waals surface area (Å²) in [5, 5.41) is 3.79. The summed E-state index contributed by atoms with van der Waals surface area (Å²) in [4.78, 5) is 0. The lowest BCUT2D eigenvalue weighted by atomic mass is 10.1. The van der Waals surface area contributed by atoms with E-state index in [-0.39, 0.29) is 0 Å². The normalized spacial score (nSPS) is 10.4. The zero-order valence-corrected chi connectivity index (χ0v) is 11.7. The number of methoxy groups -OCH3 is 1. The Hall–Kier alpha value is -1.03. The minimum atomic E-state index is 0.331. The summed E-state index contributed by atoms with van der Waals surface area (Å²) in [7, 11) is 1.69. The first kappa shape index (κ1) is 15.0. The number of aryl methyl sites for hydroxylation is 1. The van der Waals surface area contributed by atoms with Crippen LogP contribution in [0, 0.1) is 6.92 Å². The number of para-hydroxylation sites is 1. The van der Waals surface area contributed by atoms with Crippen LogP contribution in [0.1, 0.15) is 11.1 Å². The fraction of sp³-hybridized carbons (Fsp3) is 0.429. The molecule has 1 aromatic rings. The molecule has 1 aromatic carbocycles. The third-order valence-corrected chi connectivity index (χ3v) is 2.57. The highest BCUT2D eigenvalue weighted by Gasteiger charge is 2.06. The molecule has 4 heteroatoms. The second-order valence-corrected chi connectivity index (χ2v) is 4.57. The van der Waals surface area contributed by atoms with Crippen LogP contribution in [0.5, 0.6) is 5.75 Å². The van der Waals surface area contributed by atoms with Crippen molar-refractivity contribution >= 4 is 11.6 Å². The summed E-state index contributed by atoms with van der Waals surface area (Å²) < 4.78 is 10.7. The van der Waals surface area contributed by atoms with E-state index in [0.717, 1.165) is 30.0 Å². The Morgan fingerprint density at radius 1 is 1.44 bits per heavy atom. The van der Waals surface area contributed by atoms with Crippen molar-refractivity contribution in [3.63, 3.8) is 0 Å². The first-order chi connectivity index (χ1) is 8.65. The SMILES string of the molecule is C=C(Cl)COc1c(C)cccc1CNCCOC. The van der Waals surface area contributed by atoms with Gasteiger partial charge in [-0.2, -0.15) is 0 Å². The lowest BCUT2D eigenvalue weighted by Gasteiger charge is -2.14. The number of benzene rings is 1. The van der Waals surface area contributed by atoms with Crippen LogP contribution in [-0.2, 0) is 11.3 Å². The molecule has 100 valence electrons. The molecule has 1 N–H and O–H groups in total. The van der Waals surface area contributed by atoms with Gasteiger partial charge in [0, 0.05) is 30.8 Å². The maximum Gasteiger partial charge on any atom is 0.127 e. The van der Waals surface area contributed by atoms with Crippen LogP contribution in [0.2, 0.25) is 0 Å². The summed E-state index contributed by atoms with van der Waals surface area (Å²) in [6.07, 6.45) is 0. The maximum absolute atomic E-state index is 5.73. The van der Waals surface area contributed by atoms with E-state index >= 15 is 0 Å². The van der Waals surface area contributed by atoms with Gasteiger partial charge in [-0.1, -0.05) is 36.4 Å². The fourth-order valence-corrected chi connectivity index (χ4v) is 1.66. The van der Waals surface area contributed by atoms with Crippen molar-refractivity contribution in [3.8, 4) is 5.75 Å². The van der Waals surface area contributed by atoms with Crippen LogP contribution in [-0.4, -0.2) is 26.9 Å². The minimum Gasteiger partial charge on any atom is -0.487 e. The largest absolute Gasteiger partial charge is 0.487 e. The number of ether oxygens (including phenoxy) is 2. The average Bonchev–Trinajstić information content (AvgIpc) is 2.33. The number of halogens is 1. The van der Waals surface area contributed by atoms with Gasteiger partial charge in [-0.15, -0.1) is 0 Å². The highest BCUT2D eigenvalue weighted by atomic mass is 35.5. The molecule has 0 heterocycles. The lowest BCUT2D eigenvalue weighted by molar-refractivity contribution is 0.199. The van der Waals surface area contributed by atoms with E-state index in [0.29, 0.717) is 18.2 Å². The predicted octanol–water partition coefficient (Wildman–Crippen LogP) is 2.86. The number of hydrogen-bond donors (Lipinski definition) is 1. The Bertz CT molecular complexity index is 393. The van der Waals surface area contributed by atoms with Crippen molar-refractivity contribution in [1.29, 1.82) is 0 Å². The van der Waals surface area contributed by atoms with Gasteiger partial charge in [-0.25, -0.2) is 0 Å². The molecular weight excluding hydrogens is 250 g/mol. The molecule has 0 aromatic heterocycles. The zero-order chi connectivity index (χ0) is 13.4. The van der Waals surface area contributed by atoms with Gasteiger partial charge in [0.15, 0.2) is 0 Å². The third-order valence-electron chi connectivity index (χ3n) is 2.46. The average molecular weight is 270 g/mol. The van der Waals surface area contributed by atoms with Crippen LogP contribution in [0.25, 0.3) is 0 Å². The first-order valence-electron chi connectivity index (χ1n) is 5.89. The molecule has 0 amide bonds. The molecule has 0 saturated heterocycles. The van der Waals surface area contributed by atoms with Gasteiger partial charge in [0.05, 0.1) is 6.61 Å². The smallest absolute Gasteiger partial charge is 0.127 e.